The van der Waals surface area contributed by atoms with Crippen molar-refractivity contribution in [1.82, 2.24) is 10.3 Å². The van der Waals surface area contributed by atoms with E-state index in [4.69, 9.17) is 4.98 Å². The van der Waals surface area contributed by atoms with Crippen molar-refractivity contribution in [2.45, 2.75) is 66.6 Å². The van der Waals surface area contributed by atoms with Crippen LogP contribution in [-0.2, 0) is 6.54 Å². The highest BCUT2D eigenvalue weighted by Gasteiger charge is 2.14. The molecule has 114 valence electrons. The van der Waals surface area contributed by atoms with Crippen LogP contribution in [0.15, 0.2) is 18.2 Å². The Bertz CT molecular complexity index is 405. The number of aromatic nitrogens is 1. The molecule has 1 N–H and O–H groups in total. The van der Waals surface area contributed by atoms with Crippen molar-refractivity contribution in [3.05, 3.63) is 23.9 Å². The van der Waals surface area contributed by atoms with Crippen molar-refractivity contribution in [2.75, 3.05) is 11.4 Å². The fourth-order valence-electron chi connectivity index (χ4n) is 2.04. The molecule has 0 aliphatic rings. The van der Waals surface area contributed by atoms with Crippen LogP contribution in [0.5, 0.6) is 0 Å². The highest BCUT2D eigenvalue weighted by atomic mass is 15.2. The van der Waals surface area contributed by atoms with Gasteiger partial charge in [-0.15, -0.1) is 0 Å². The molecule has 0 atom stereocenters. The van der Waals surface area contributed by atoms with Crippen LogP contribution in [0.4, 0.5) is 5.82 Å². The first-order valence-corrected chi connectivity index (χ1v) is 7.66. The number of hydrogen-bond acceptors (Lipinski definition) is 3. The molecule has 1 aromatic heterocycles. The lowest BCUT2D eigenvalue weighted by molar-refractivity contribution is 0.421. The summed E-state index contributed by atoms with van der Waals surface area (Å²) in [6.07, 6.45) is 0. The summed E-state index contributed by atoms with van der Waals surface area (Å²) < 4.78 is 0. The molecule has 1 heterocycles. The van der Waals surface area contributed by atoms with Crippen LogP contribution in [0.2, 0.25) is 0 Å². The Morgan fingerprint density at radius 3 is 2.30 bits per heavy atom. The van der Waals surface area contributed by atoms with Crippen LogP contribution in [0.1, 0.15) is 54.2 Å². The second-order valence-electron chi connectivity index (χ2n) is 7.23. The molecule has 1 rings (SSSR count). The van der Waals surface area contributed by atoms with E-state index in [2.05, 4.69) is 76.9 Å². The van der Waals surface area contributed by atoms with E-state index in [-0.39, 0.29) is 5.54 Å². The van der Waals surface area contributed by atoms with Gasteiger partial charge in [-0.2, -0.15) is 0 Å². The largest absolute Gasteiger partial charge is 0.354 e. The zero-order valence-electron chi connectivity index (χ0n) is 14.2. The van der Waals surface area contributed by atoms with E-state index in [1.165, 1.54) is 0 Å². The van der Waals surface area contributed by atoms with Crippen LogP contribution in [-0.4, -0.2) is 23.1 Å². The van der Waals surface area contributed by atoms with E-state index in [9.17, 15) is 0 Å². The number of pyridine rings is 1. The van der Waals surface area contributed by atoms with Gasteiger partial charge in [-0.1, -0.05) is 19.9 Å². The second-order valence-corrected chi connectivity index (χ2v) is 7.23. The molecule has 0 radical (unpaired) electrons. The van der Waals surface area contributed by atoms with Gasteiger partial charge in [0.15, 0.2) is 0 Å². The van der Waals surface area contributed by atoms with Gasteiger partial charge < -0.3 is 10.2 Å². The van der Waals surface area contributed by atoms with Crippen LogP contribution in [0.3, 0.4) is 0 Å². The number of hydrogen-bond donors (Lipinski definition) is 1. The van der Waals surface area contributed by atoms with Crippen LogP contribution in [0.25, 0.3) is 0 Å². The molecular weight excluding hydrogens is 246 g/mol. The van der Waals surface area contributed by atoms with E-state index in [0.717, 1.165) is 24.6 Å². The summed E-state index contributed by atoms with van der Waals surface area (Å²) in [7, 11) is 0. The topological polar surface area (TPSA) is 28.2 Å². The van der Waals surface area contributed by atoms with Gasteiger partial charge in [0.05, 0.1) is 5.69 Å². The zero-order chi connectivity index (χ0) is 15.3. The molecule has 0 aliphatic heterocycles. The molecule has 0 bridgehead atoms. The van der Waals surface area contributed by atoms with Gasteiger partial charge in [-0.25, -0.2) is 4.98 Å². The average Bonchev–Trinajstić information content (AvgIpc) is 2.32. The quantitative estimate of drug-likeness (QED) is 0.856. The number of rotatable bonds is 6. The summed E-state index contributed by atoms with van der Waals surface area (Å²) in [5.74, 6) is 1.72. The van der Waals surface area contributed by atoms with Crippen molar-refractivity contribution in [3.63, 3.8) is 0 Å². The van der Waals surface area contributed by atoms with Crippen molar-refractivity contribution >= 4 is 5.82 Å². The van der Waals surface area contributed by atoms with E-state index in [1.807, 2.05) is 0 Å². The maximum Gasteiger partial charge on any atom is 0.129 e. The highest BCUT2D eigenvalue weighted by Crippen LogP contribution is 2.17. The van der Waals surface area contributed by atoms with Crippen LogP contribution < -0.4 is 10.2 Å². The maximum absolute atomic E-state index is 4.81. The standard InChI is InChI=1S/C17H31N3/c1-13(2)12-20(14(3)4)16-10-8-9-15(19-16)11-18-17(5,6)7/h8-10,13-14,18H,11-12H2,1-7H3. The minimum absolute atomic E-state index is 0.118. The van der Waals surface area contributed by atoms with Gasteiger partial charge in [0.1, 0.15) is 5.82 Å². The minimum atomic E-state index is 0.118. The molecule has 0 fully saturated rings. The van der Waals surface area contributed by atoms with Gasteiger partial charge in [0.2, 0.25) is 0 Å². The molecule has 3 heteroatoms. The molecular formula is C17H31N3. The Kier molecular flexibility index (Phi) is 6.00. The fraction of sp³-hybridized carbons (Fsp3) is 0.706. The Hall–Kier alpha value is -1.09. The van der Waals surface area contributed by atoms with Crippen molar-refractivity contribution in [1.29, 1.82) is 0 Å². The van der Waals surface area contributed by atoms with Crippen LogP contribution >= 0.6 is 0 Å². The van der Waals surface area contributed by atoms with E-state index in [0.29, 0.717) is 12.0 Å². The average molecular weight is 277 g/mol. The first kappa shape index (κ1) is 17.0. The molecule has 0 saturated heterocycles. The Morgan fingerprint density at radius 2 is 1.80 bits per heavy atom. The molecule has 0 spiro atoms. The zero-order valence-corrected chi connectivity index (χ0v) is 14.2. The molecule has 3 nitrogen and oxygen atoms in total. The maximum atomic E-state index is 4.81. The lowest BCUT2D eigenvalue weighted by Gasteiger charge is -2.30. The summed E-state index contributed by atoms with van der Waals surface area (Å²) in [6.45, 7) is 17.3. The van der Waals surface area contributed by atoms with Gasteiger partial charge in [-0.05, 0) is 52.7 Å². The van der Waals surface area contributed by atoms with Gasteiger partial charge >= 0.3 is 0 Å². The third kappa shape index (κ3) is 5.91. The first-order valence-electron chi connectivity index (χ1n) is 7.66. The normalized spacial score (nSPS) is 12.2. The highest BCUT2D eigenvalue weighted by molar-refractivity contribution is 5.40. The van der Waals surface area contributed by atoms with Gasteiger partial charge in [0, 0.05) is 24.7 Å². The summed E-state index contributed by atoms with van der Waals surface area (Å²) in [5, 5.41) is 3.49. The smallest absolute Gasteiger partial charge is 0.129 e. The fourth-order valence-corrected chi connectivity index (χ4v) is 2.04. The monoisotopic (exact) mass is 277 g/mol. The number of nitrogens with one attached hydrogen (secondary N) is 1. The molecule has 20 heavy (non-hydrogen) atoms. The third-order valence-electron chi connectivity index (χ3n) is 3.07. The Morgan fingerprint density at radius 1 is 1.15 bits per heavy atom. The summed E-state index contributed by atoms with van der Waals surface area (Å²) in [4.78, 5) is 7.19. The summed E-state index contributed by atoms with van der Waals surface area (Å²) >= 11 is 0. The van der Waals surface area contributed by atoms with Gasteiger partial charge in [0.25, 0.3) is 0 Å². The lowest BCUT2D eigenvalue weighted by Crippen LogP contribution is -2.36. The van der Waals surface area contributed by atoms with E-state index in [1.54, 1.807) is 0 Å². The first-order chi connectivity index (χ1) is 9.19. The Balaban J connectivity index is 2.84. The van der Waals surface area contributed by atoms with Crippen molar-refractivity contribution < 1.29 is 0 Å². The van der Waals surface area contributed by atoms with E-state index < -0.39 is 0 Å². The predicted octanol–water partition coefficient (Wildman–Crippen LogP) is 3.84. The van der Waals surface area contributed by atoms with Crippen molar-refractivity contribution in [3.8, 4) is 0 Å². The van der Waals surface area contributed by atoms with E-state index >= 15 is 0 Å². The summed E-state index contributed by atoms with van der Waals surface area (Å²) in [5.41, 5.74) is 1.22. The SMILES string of the molecule is CC(C)CN(c1cccc(CNC(C)(C)C)n1)C(C)C. The second kappa shape index (κ2) is 7.07. The molecule has 0 aliphatic carbocycles. The number of nitrogens with zero attached hydrogens (tertiary/aromatic N) is 2. The van der Waals surface area contributed by atoms with Crippen molar-refractivity contribution in [2.24, 2.45) is 5.92 Å². The number of anilines is 1. The summed E-state index contributed by atoms with van der Waals surface area (Å²) in [6, 6.07) is 6.78. The minimum Gasteiger partial charge on any atom is -0.354 e. The molecule has 0 saturated carbocycles. The van der Waals surface area contributed by atoms with Crippen LogP contribution in [0, 0.1) is 5.92 Å². The van der Waals surface area contributed by atoms with Gasteiger partial charge in [-0.3, -0.25) is 0 Å². The predicted molar refractivity (Wildman–Crippen MR) is 88.1 cm³/mol. The molecule has 0 unspecified atom stereocenters. The molecule has 0 amide bonds. The lowest BCUT2D eigenvalue weighted by atomic mass is 10.1. The molecule has 0 aromatic carbocycles. The molecule has 1 aromatic rings. The third-order valence-corrected chi connectivity index (χ3v) is 3.07. The Labute approximate surface area is 124 Å².